The summed E-state index contributed by atoms with van der Waals surface area (Å²) in [5.41, 5.74) is 0.734. The van der Waals surface area contributed by atoms with Gasteiger partial charge in [0.05, 0.1) is 59.4 Å². The van der Waals surface area contributed by atoms with E-state index < -0.39 is 5.60 Å². The van der Waals surface area contributed by atoms with E-state index in [9.17, 15) is 4.79 Å². The van der Waals surface area contributed by atoms with E-state index in [1.165, 1.54) is 42.7 Å². The van der Waals surface area contributed by atoms with Crippen LogP contribution >= 0.6 is 0 Å². The third-order valence-corrected chi connectivity index (χ3v) is 7.86. The van der Waals surface area contributed by atoms with Crippen LogP contribution in [-0.4, -0.2) is 48.4 Å². The molecule has 1 spiro atoms. The summed E-state index contributed by atoms with van der Waals surface area (Å²) in [4.78, 5) is 14.7. The Hall–Kier alpha value is -5.57. The van der Waals surface area contributed by atoms with E-state index in [1.807, 2.05) is 48.5 Å². The molecular weight excluding hydrogens is 576 g/mol. The molecule has 0 amide bonds. The van der Waals surface area contributed by atoms with Crippen molar-refractivity contribution < 1.29 is 42.7 Å². The van der Waals surface area contributed by atoms with Gasteiger partial charge >= 0.3 is 0 Å². The second-order valence-corrected chi connectivity index (χ2v) is 10.1. The monoisotopic (exact) mass is 608 g/mol. The summed E-state index contributed by atoms with van der Waals surface area (Å²) in [6, 6.07) is 21.9. The van der Waals surface area contributed by atoms with Gasteiger partial charge in [-0.25, -0.2) is 0 Å². The Labute approximate surface area is 261 Å². The highest BCUT2D eigenvalue weighted by Crippen LogP contribution is 2.61. The summed E-state index contributed by atoms with van der Waals surface area (Å²) in [6.07, 6.45) is 3.54. The van der Waals surface area contributed by atoms with Gasteiger partial charge in [-0.1, -0.05) is 60.7 Å². The maximum atomic E-state index is 14.7. The number of benzene rings is 4. The lowest BCUT2D eigenvalue weighted by Gasteiger charge is -2.42. The van der Waals surface area contributed by atoms with Crippen molar-refractivity contribution in [3.05, 3.63) is 107 Å². The van der Waals surface area contributed by atoms with Crippen LogP contribution in [0.3, 0.4) is 0 Å². The third-order valence-electron chi connectivity index (χ3n) is 7.86. The second-order valence-electron chi connectivity index (χ2n) is 10.1. The Morgan fingerprint density at radius 1 is 0.644 bits per heavy atom. The van der Waals surface area contributed by atoms with Crippen molar-refractivity contribution in [2.24, 2.45) is 0 Å². The molecule has 1 atom stereocenters. The Morgan fingerprint density at radius 3 is 1.78 bits per heavy atom. The van der Waals surface area contributed by atoms with Gasteiger partial charge < -0.3 is 37.9 Å². The van der Waals surface area contributed by atoms with Crippen molar-refractivity contribution in [1.82, 2.24) is 0 Å². The molecule has 9 heteroatoms. The number of ketones is 1. The molecule has 0 saturated heterocycles. The minimum Gasteiger partial charge on any atom is -0.496 e. The molecule has 0 N–H and O–H groups in total. The molecule has 0 saturated carbocycles. The number of fused-ring (bicyclic) bond motifs is 3. The number of carbonyl (C=O) groups is 1. The zero-order valence-corrected chi connectivity index (χ0v) is 25.8. The zero-order chi connectivity index (χ0) is 31.7. The number of hydrogen-bond donors (Lipinski definition) is 0. The summed E-state index contributed by atoms with van der Waals surface area (Å²) < 4.78 is 48.5. The van der Waals surface area contributed by atoms with Crippen molar-refractivity contribution >= 4 is 17.6 Å². The molecule has 6 rings (SSSR count). The standard InChI is InChI=1S/C36H32O9/c1-38-25-18-27(40-3)33(42-5)32-23(25)17-24(31(37)22-15-11-8-12-16-22)36(45-32)20-29(21-13-9-7-10-14-21)44-35-30(36)26(39-2)19-28(41-4)34(35)43-6/h7-20H,1-6H3/t36-/m0/s1. The molecule has 0 unspecified atom stereocenters. The van der Waals surface area contributed by atoms with E-state index in [0.717, 1.165) is 5.56 Å². The lowest BCUT2D eigenvalue weighted by Crippen LogP contribution is -2.41. The molecule has 45 heavy (non-hydrogen) atoms. The number of Topliss-reactive ketones (excluding diaryl/α,β-unsaturated/α-hetero) is 1. The summed E-state index contributed by atoms with van der Waals surface area (Å²) in [5.74, 6) is 2.83. The maximum Gasteiger partial charge on any atom is 0.204 e. The molecule has 0 aromatic heterocycles. The Kier molecular flexibility index (Phi) is 7.76. The molecule has 2 aliphatic heterocycles. The van der Waals surface area contributed by atoms with Crippen LogP contribution in [-0.2, 0) is 5.60 Å². The molecule has 230 valence electrons. The second kappa shape index (κ2) is 11.8. The Balaban J connectivity index is 1.79. The third kappa shape index (κ3) is 4.68. The van der Waals surface area contributed by atoms with Crippen LogP contribution in [0.1, 0.15) is 27.0 Å². The molecule has 0 radical (unpaired) electrons. The highest BCUT2D eigenvalue weighted by Gasteiger charge is 2.53. The van der Waals surface area contributed by atoms with Crippen LogP contribution in [0.4, 0.5) is 0 Å². The van der Waals surface area contributed by atoms with Crippen molar-refractivity contribution in [1.29, 1.82) is 0 Å². The van der Waals surface area contributed by atoms with Crippen molar-refractivity contribution in [2.75, 3.05) is 42.7 Å². The number of ether oxygens (including phenoxy) is 8. The number of hydrogen-bond acceptors (Lipinski definition) is 9. The first-order valence-corrected chi connectivity index (χ1v) is 14.1. The molecule has 0 fully saturated rings. The van der Waals surface area contributed by atoms with E-state index in [4.69, 9.17) is 37.9 Å². The van der Waals surface area contributed by atoms with Gasteiger partial charge in [0.2, 0.25) is 11.5 Å². The summed E-state index contributed by atoms with van der Waals surface area (Å²) in [5, 5.41) is 0. The maximum absolute atomic E-state index is 14.7. The highest BCUT2D eigenvalue weighted by molar-refractivity contribution is 6.14. The highest BCUT2D eigenvalue weighted by atomic mass is 16.6. The van der Waals surface area contributed by atoms with Crippen LogP contribution in [0.5, 0.6) is 46.0 Å². The van der Waals surface area contributed by atoms with E-state index >= 15 is 0 Å². The first kappa shape index (κ1) is 29.5. The SMILES string of the molecule is COc1cc(OC)c(OC)c2c1C=C(C(=O)c1ccccc1)[C@]1(C=C(c3ccccc3)Oc3c(OC)c(OC)cc(OC)c31)O2. The Bertz CT molecular complexity index is 1830. The van der Waals surface area contributed by atoms with E-state index in [2.05, 4.69) is 0 Å². The van der Waals surface area contributed by atoms with Gasteiger partial charge in [-0.3, -0.25) is 4.79 Å². The molecule has 2 heterocycles. The first-order valence-electron chi connectivity index (χ1n) is 14.1. The fourth-order valence-electron chi connectivity index (χ4n) is 5.79. The quantitative estimate of drug-likeness (QED) is 0.192. The van der Waals surface area contributed by atoms with E-state index in [1.54, 1.807) is 36.4 Å². The molecule has 0 bridgehead atoms. The lowest BCUT2D eigenvalue weighted by molar-refractivity contribution is 0.0909. The lowest BCUT2D eigenvalue weighted by atomic mass is 9.76. The number of methoxy groups -OCH3 is 6. The average molecular weight is 609 g/mol. The van der Waals surface area contributed by atoms with E-state index in [0.29, 0.717) is 62.7 Å². The zero-order valence-electron chi connectivity index (χ0n) is 25.8. The molecule has 4 aromatic carbocycles. The molecular formula is C36H32O9. The van der Waals surface area contributed by atoms with Crippen LogP contribution in [0.25, 0.3) is 11.8 Å². The average Bonchev–Trinajstić information content (AvgIpc) is 3.10. The Morgan fingerprint density at radius 2 is 1.20 bits per heavy atom. The summed E-state index contributed by atoms with van der Waals surface area (Å²) in [7, 11) is 9.15. The molecule has 2 aliphatic rings. The minimum absolute atomic E-state index is 0.263. The van der Waals surface area contributed by atoms with Gasteiger partial charge in [0.25, 0.3) is 0 Å². The van der Waals surface area contributed by atoms with Gasteiger partial charge in [-0.15, -0.1) is 0 Å². The van der Waals surface area contributed by atoms with Gasteiger partial charge in [0, 0.05) is 29.3 Å². The predicted molar refractivity (Wildman–Crippen MR) is 168 cm³/mol. The van der Waals surface area contributed by atoms with Gasteiger partial charge in [-0.05, 0) is 6.08 Å². The van der Waals surface area contributed by atoms with Crippen LogP contribution in [0.15, 0.2) is 84.4 Å². The fraction of sp³-hybridized carbons (Fsp3) is 0.194. The van der Waals surface area contributed by atoms with Gasteiger partial charge in [0.1, 0.15) is 17.3 Å². The summed E-state index contributed by atoms with van der Waals surface area (Å²) >= 11 is 0. The fourth-order valence-corrected chi connectivity index (χ4v) is 5.79. The van der Waals surface area contributed by atoms with Crippen molar-refractivity contribution in [3.8, 4) is 46.0 Å². The molecule has 4 aromatic rings. The van der Waals surface area contributed by atoms with Gasteiger partial charge in [0.15, 0.2) is 34.4 Å². The number of rotatable bonds is 9. The molecule has 9 nitrogen and oxygen atoms in total. The first-order chi connectivity index (χ1) is 21.9. The van der Waals surface area contributed by atoms with Crippen LogP contribution in [0, 0.1) is 0 Å². The molecule has 0 aliphatic carbocycles. The van der Waals surface area contributed by atoms with Crippen molar-refractivity contribution in [2.45, 2.75) is 5.60 Å². The van der Waals surface area contributed by atoms with Crippen molar-refractivity contribution in [3.63, 3.8) is 0 Å². The largest absolute Gasteiger partial charge is 0.496 e. The normalized spacial score (nSPS) is 16.1. The van der Waals surface area contributed by atoms with Crippen LogP contribution < -0.4 is 37.9 Å². The van der Waals surface area contributed by atoms with Crippen LogP contribution in [0.2, 0.25) is 0 Å². The predicted octanol–water partition coefficient (Wildman–Crippen LogP) is 6.73. The summed E-state index contributed by atoms with van der Waals surface area (Å²) in [6.45, 7) is 0. The number of carbonyl (C=O) groups excluding carboxylic acids is 1. The topological polar surface area (TPSA) is 90.9 Å². The van der Waals surface area contributed by atoms with Gasteiger partial charge in [-0.2, -0.15) is 0 Å². The minimum atomic E-state index is -1.63. The van der Waals surface area contributed by atoms with E-state index in [-0.39, 0.29) is 17.1 Å². The smallest absolute Gasteiger partial charge is 0.204 e.